The van der Waals surface area contributed by atoms with Crippen LogP contribution in [-0.4, -0.2) is 9.55 Å². The van der Waals surface area contributed by atoms with Gasteiger partial charge in [-0.15, -0.1) is 0 Å². The maximum absolute atomic E-state index is 8.76. The highest BCUT2D eigenvalue weighted by molar-refractivity contribution is 5.44. The van der Waals surface area contributed by atoms with Gasteiger partial charge < -0.3 is 10.3 Å². The molecule has 0 unspecified atom stereocenters. The number of aromatic nitrogens is 2. The highest BCUT2D eigenvalue weighted by atomic mass is 15.1. The van der Waals surface area contributed by atoms with Gasteiger partial charge in [0.05, 0.1) is 6.33 Å². The first kappa shape index (κ1) is 8.60. The molecule has 0 aromatic carbocycles. The molecule has 0 saturated carbocycles. The van der Waals surface area contributed by atoms with E-state index in [1.165, 1.54) is 0 Å². The normalized spacial score (nSPS) is 11.2. The molecular formula is C8H12N4. The molecule has 1 heterocycles. The second-order valence-corrected chi connectivity index (χ2v) is 3.63. The summed E-state index contributed by atoms with van der Waals surface area (Å²) in [5, 5.41) is 8.76. The van der Waals surface area contributed by atoms with E-state index in [2.05, 4.69) is 4.98 Å². The number of hydrogen-bond acceptors (Lipinski definition) is 3. The topological polar surface area (TPSA) is 67.6 Å². The molecule has 1 aromatic rings. The Balaban J connectivity index is 3.28. The second-order valence-electron chi connectivity index (χ2n) is 3.63. The van der Waals surface area contributed by atoms with Crippen molar-refractivity contribution in [3.05, 3.63) is 12.0 Å². The summed E-state index contributed by atoms with van der Waals surface area (Å²) in [5.41, 5.74) is 5.78. The van der Waals surface area contributed by atoms with Gasteiger partial charge in [-0.1, -0.05) is 0 Å². The van der Waals surface area contributed by atoms with Gasteiger partial charge in [0.15, 0.2) is 11.5 Å². The summed E-state index contributed by atoms with van der Waals surface area (Å²) >= 11 is 0. The fourth-order valence-electron chi connectivity index (χ4n) is 0.982. The van der Waals surface area contributed by atoms with E-state index in [0.717, 1.165) is 0 Å². The second kappa shape index (κ2) is 2.52. The van der Waals surface area contributed by atoms with Crippen LogP contribution in [0, 0.1) is 11.3 Å². The maximum Gasteiger partial charge on any atom is 0.164 e. The Morgan fingerprint density at radius 2 is 2.17 bits per heavy atom. The molecule has 0 aliphatic heterocycles. The van der Waals surface area contributed by atoms with E-state index in [0.29, 0.717) is 11.5 Å². The number of nitrogens with zero attached hydrogens (tertiary/aromatic N) is 3. The Kier molecular flexibility index (Phi) is 1.81. The quantitative estimate of drug-likeness (QED) is 0.624. The molecule has 0 bridgehead atoms. The minimum Gasteiger partial charge on any atom is -0.381 e. The van der Waals surface area contributed by atoms with E-state index in [1.807, 2.05) is 26.8 Å². The van der Waals surface area contributed by atoms with Crippen LogP contribution < -0.4 is 5.73 Å². The van der Waals surface area contributed by atoms with Crippen molar-refractivity contribution < 1.29 is 0 Å². The molecule has 4 nitrogen and oxygen atoms in total. The van der Waals surface area contributed by atoms with Gasteiger partial charge in [0.2, 0.25) is 0 Å². The first-order chi connectivity index (χ1) is 5.46. The van der Waals surface area contributed by atoms with Gasteiger partial charge in [0.1, 0.15) is 6.07 Å². The van der Waals surface area contributed by atoms with E-state index >= 15 is 0 Å². The van der Waals surface area contributed by atoms with Crippen LogP contribution in [-0.2, 0) is 5.54 Å². The number of rotatable bonds is 0. The highest BCUT2D eigenvalue weighted by Gasteiger charge is 2.18. The zero-order chi connectivity index (χ0) is 9.35. The lowest BCUT2D eigenvalue weighted by Gasteiger charge is -2.21. The number of nitrogens with two attached hydrogens (primary N) is 1. The van der Waals surface area contributed by atoms with Crippen LogP contribution in [0.2, 0.25) is 0 Å². The van der Waals surface area contributed by atoms with Crippen molar-refractivity contribution in [2.24, 2.45) is 0 Å². The molecule has 1 aromatic heterocycles. The van der Waals surface area contributed by atoms with E-state index in [4.69, 9.17) is 11.0 Å². The molecule has 0 spiro atoms. The molecular weight excluding hydrogens is 152 g/mol. The smallest absolute Gasteiger partial charge is 0.164 e. The number of hydrogen-bond donors (Lipinski definition) is 1. The van der Waals surface area contributed by atoms with Crippen LogP contribution >= 0.6 is 0 Å². The van der Waals surface area contributed by atoms with Crippen molar-refractivity contribution in [1.82, 2.24) is 9.55 Å². The first-order valence-electron chi connectivity index (χ1n) is 3.70. The maximum atomic E-state index is 8.76. The van der Waals surface area contributed by atoms with Crippen molar-refractivity contribution in [3.8, 4) is 6.07 Å². The summed E-state index contributed by atoms with van der Waals surface area (Å²) in [5.74, 6) is 0.299. The van der Waals surface area contributed by atoms with Crippen molar-refractivity contribution in [1.29, 1.82) is 5.26 Å². The van der Waals surface area contributed by atoms with E-state index in [-0.39, 0.29) is 5.54 Å². The minimum absolute atomic E-state index is 0.143. The summed E-state index contributed by atoms with van der Waals surface area (Å²) in [7, 11) is 0. The van der Waals surface area contributed by atoms with Crippen LogP contribution in [0.3, 0.4) is 0 Å². The van der Waals surface area contributed by atoms with E-state index in [9.17, 15) is 0 Å². The summed E-state index contributed by atoms with van der Waals surface area (Å²) in [6.45, 7) is 5.98. The summed E-state index contributed by atoms with van der Waals surface area (Å²) in [6.07, 6.45) is 1.59. The SMILES string of the molecule is CC(C)(C)n1cnc(N)c1C#N. The van der Waals surface area contributed by atoms with Gasteiger partial charge in [-0.25, -0.2) is 4.98 Å². The zero-order valence-corrected chi connectivity index (χ0v) is 7.50. The van der Waals surface area contributed by atoms with Crippen LogP contribution in [0.1, 0.15) is 26.5 Å². The lowest BCUT2D eigenvalue weighted by molar-refractivity contribution is 0.393. The fraction of sp³-hybridized carbons (Fsp3) is 0.500. The highest BCUT2D eigenvalue weighted by Crippen LogP contribution is 2.19. The average Bonchev–Trinajstić information content (AvgIpc) is 2.29. The molecule has 12 heavy (non-hydrogen) atoms. The summed E-state index contributed by atoms with van der Waals surface area (Å²) < 4.78 is 1.77. The number of imidazole rings is 1. The number of nitrogen functional groups attached to an aromatic ring is 1. The van der Waals surface area contributed by atoms with Crippen LogP contribution in [0.5, 0.6) is 0 Å². The van der Waals surface area contributed by atoms with Gasteiger partial charge in [-0.3, -0.25) is 0 Å². The molecule has 4 heteroatoms. The Morgan fingerprint density at radius 1 is 1.58 bits per heavy atom. The van der Waals surface area contributed by atoms with Gasteiger partial charge in [-0.05, 0) is 20.8 Å². The average molecular weight is 164 g/mol. The van der Waals surface area contributed by atoms with Gasteiger partial charge in [-0.2, -0.15) is 5.26 Å². The number of nitriles is 1. The molecule has 0 atom stereocenters. The fourth-order valence-corrected chi connectivity index (χ4v) is 0.982. The predicted octanol–water partition coefficient (Wildman–Crippen LogP) is 1.09. The van der Waals surface area contributed by atoms with Crippen LogP contribution in [0.15, 0.2) is 6.33 Å². The lowest BCUT2D eigenvalue weighted by Crippen LogP contribution is -2.22. The summed E-state index contributed by atoms with van der Waals surface area (Å²) in [6, 6.07) is 2.03. The van der Waals surface area contributed by atoms with Crippen LogP contribution in [0.4, 0.5) is 5.82 Å². The third-order valence-corrected chi connectivity index (χ3v) is 1.62. The lowest BCUT2D eigenvalue weighted by atomic mass is 10.1. The molecule has 0 radical (unpaired) electrons. The number of anilines is 1. The van der Waals surface area contributed by atoms with E-state index in [1.54, 1.807) is 10.9 Å². The Bertz CT molecular complexity index is 324. The molecule has 0 aliphatic rings. The zero-order valence-electron chi connectivity index (χ0n) is 7.50. The van der Waals surface area contributed by atoms with E-state index < -0.39 is 0 Å². The first-order valence-corrected chi connectivity index (χ1v) is 3.70. The monoisotopic (exact) mass is 164 g/mol. The van der Waals surface area contributed by atoms with Crippen molar-refractivity contribution in [3.63, 3.8) is 0 Å². The molecule has 64 valence electrons. The third kappa shape index (κ3) is 1.26. The largest absolute Gasteiger partial charge is 0.381 e. The predicted molar refractivity (Wildman–Crippen MR) is 46.4 cm³/mol. The van der Waals surface area contributed by atoms with Crippen LogP contribution in [0.25, 0.3) is 0 Å². The molecule has 0 aliphatic carbocycles. The molecule has 0 amide bonds. The summed E-state index contributed by atoms with van der Waals surface area (Å²) in [4.78, 5) is 3.87. The van der Waals surface area contributed by atoms with Gasteiger partial charge >= 0.3 is 0 Å². The Labute approximate surface area is 71.6 Å². The Hall–Kier alpha value is -1.50. The van der Waals surface area contributed by atoms with Crippen molar-refractivity contribution in [2.45, 2.75) is 26.3 Å². The molecule has 1 rings (SSSR count). The standard InChI is InChI=1S/C8H12N4/c1-8(2,3)12-5-11-7(10)6(12)4-9/h5H,10H2,1-3H3. The van der Waals surface area contributed by atoms with Gasteiger partial charge in [0.25, 0.3) is 0 Å². The molecule has 0 fully saturated rings. The van der Waals surface area contributed by atoms with Crippen molar-refractivity contribution in [2.75, 3.05) is 5.73 Å². The molecule has 0 saturated heterocycles. The third-order valence-electron chi connectivity index (χ3n) is 1.62. The van der Waals surface area contributed by atoms with Gasteiger partial charge in [0, 0.05) is 5.54 Å². The molecule has 2 N–H and O–H groups in total. The Morgan fingerprint density at radius 3 is 2.50 bits per heavy atom. The van der Waals surface area contributed by atoms with Crippen molar-refractivity contribution >= 4 is 5.82 Å². The minimum atomic E-state index is -0.143.